The van der Waals surface area contributed by atoms with Gasteiger partial charge in [-0.3, -0.25) is 14.3 Å². The lowest BCUT2D eigenvalue weighted by Crippen LogP contribution is -2.43. The van der Waals surface area contributed by atoms with Gasteiger partial charge in [-0.05, 0) is 13.3 Å². The Bertz CT molecular complexity index is 849. The smallest absolute Gasteiger partial charge is 0.330 e. The van der Waals surface area contributed by atoms with Crippen molar-refractivity contribution in [2.24, 2.45) is 0 Å². The van der Waals surface area contributed by atoms with E-state index in [1.807, 2.05) is 6.92 Å². The molecule has 26 heavy (non-hydrogen) atoms. The molecule has 3 rings (SSSR count). The molecule has 1 aromatic heterocycles. The Kier molecular flexibility index (Phi) is 5.63. The summed E-state index contributed by atoms with van der Waals surface area (Å²) in [6.45, 7) is 2.75. The monoisotopic (exact) mass is 389 g/mol. The number of methoxy groups -OCH3 is 1. The highest BCUT2D eigenvalue weighted by atomic mass is 32.2. The molecule has 2 aliphatic heterocycles. The van der Waals surface area contributed by atoms with Crippen LogP contribution in [0.4, 0.5) is 0 Å². The van der Waals surface area contributed by atoms with E-state index in [1.165, 1.54) is 28.2 Å². The molecule has 2 fully saturated rings. The van der Waals surface area contributed by atoms with Crippen LogP contribution >= 0.6 is 0 Å². The Labute approximate surface area is 150 Å². The summed E-state index contributed by atoms with van der Waals surface area (Å²) >= 11 is 0. The van der Waals surface area contributed by atoms with Crippen molar-refractivity contribution in [3.63, 3.8) is 0 Å². The number of sulfonamides is 1. The first-order valence-electron chi connectivity index (χ1n) is 8.46. The summed E-state index contributed by atoms with van der Waals surface area (Å²) in [5.74, 6) is 0.121. The van der Waals surface area contributed by atoms with Gasteiger partial charge in [-0.15, -0.1) is 0 Å². The van der Waals surface area contributed by atoms with Gasteiger partial charge in [0, 0.05) is 39.1 Å². The van der Waals surface area contributed by atoms with Crippen LogP contribution in [-0.2, 0) is 24.2 Å². The lowest BCUT2D eigenvalue weighted by molar-refractivity contribution is -0.0597. The van der Waals surface area contributed by atoms with Gasteiger partial charge in [-0.1, -0.05) is 0 Å². The molecule has 2 saturated heterocycles. The van der Waals surface area contributed by atoms with Crippen molar-refractivity contribution < 1.29 is 22.6 Å². The van der Waals surface area contributed by atoms with Crippen LogP contribution in [0.5, 0.6) is 0 Å². The van der Waals surface area contributed by atoms with E-state index in [0.29, 0.717) is 19.6 Å². The van der Waals surface area contributed by atoms with Gasteiger partial charge in [0.05, 0.1) is 5.75 Å². The number of nitrogens with one attached hydrogen (secondary N) is 1. The second kappa shape index (κ2) is 7.61. The van der Waals surface area contributed by atoms with E-state index >= 15 is 0 Å². The molecule has 1 N–H and O–H groups in total. The van der Waals surface area contributed by atoms with Gasteiger partial charge in [-0.2, -0.15) is 4.31 Å². The van der Waals surface area contributed by atoms with Crippen molar-refractivity contribution in [1.82, 2.24) is 13.9 Å². The zero-order chi connectivity index (χ0) is 18.9. The lowest BCUT2D eigenvalue weighted by atomic mass is 10.1. The Morgan fingerprint density at radius 1 is 1.35 bits per heavy atom. The molecule has 0 aromatic carbocycles. The number of hydrogen-bond acceptors (Lipinski definition) is 7. The number of ether oxygens (including phenoxy) is 3. The SMILES string of the molecule is CCO[C@H]1[C@@H](OC)[C@H](n2ccc(=O)[nH]c2=O)O[C@@H]1CN1CCCS1(=O)=O. The highest BCUT2D eigenvalue weighted by Crippen LogP contribution is 2.33. The van der Waals surface area contributed by atoms with Gasteiger partial charge in [0.25, 0.3) is 5.56 Å². The van der Waals surface area contributed by atoms with E-state index < -0.39 is 45.8 Å². The van der Waals surface area contributed by atoms with Crippen LogP contribution in [-0.4, -0.2) is 73.1 Å². The third-order valence-corrected chi connectivity index (χ3v) is 6.55. The summed E-state index contributed by atoms with van der Waals surface area (Å²) in [5, 5.41) is 0. The largest absolute Gasteiger partial charge is 0.374 e. The Balaban J connectivity index is 1.90. The summed E-state index contributed by atoms with van der Waals surface area (Å²) in [6, 6.07) is 1.21. The third kappa shape index (κ3) is 3.62. The van der Waals surface area contributed by atoms with Gasteiger partial charge < -0.3 is 14.2 Å². The standard InChI is InChI=1S/C15H23N3O7S/c1-3-24-12-10(9-17-6-4-8-26(17,21)22)25-14(13(12)23-2)18-7-5-11(19)16-15(18)20/h5,7,10,12-14H,3-4,6,8-9H2,1-2H3,(H,16,19,20)/t10-,12-,13-,14-/m1/s1. The first-order chi connectivity index (χ1) is 12.4. The topological polar surface area (TPSA) is 120 Å². The summed E-state index contributed by atoms with van der Waals surface area (Å²) in [4.78, 5) is 25.6. The average Bonchev–Trinajstić information content (AvgIpc) is 3.08. The van der Waals surface area contributed by atoms with E-state index in [4.69, 9.17) is 14.2 Å². The third-order valence-electron chi connectivity index (χ3n) is 4.63. The minimum Gasteiger partial charge on any atom is -0.374 e. The summed E-state index contributed by atoms with van der Waals surface area (Å²) < 4.78 is 44.1. The van der Waals surface area contributed by atoms with Crippen molar-refractivity contribution in [1.29, 1.82) is 0 Å². The van der Waals surface area contributed by atoms with Crippen molar-refractivity contribution in [3.05, 3.63) is 33.1 Å². The normalized spacial score (nSPS) is 31.5. The number of aromatic nitrogens is 2. The number of nitrogens with zero attached hydrogens (tertiary/aromatic N) is 2. The van der Waals surface area contributed by atoms with Gasteiger partial charge in [0.2, 0.25) is 10.0 Å². The van der Waals surface area contributed by atoms with Crippen molar-refractivity contribution in [2.45, 2.75) is 37.9 Å². The molecule has 146 valence electrons. The average molecular weight is 389 g/mol. The molecule has 11 heteroatoms. The molecule has 0 amide bonds. The zero-order valence-corrected chi connectivity index (χ0v) is 15.5. The maximum absolute atomic E-state index is 12.1. The molecule has 0 saturated carbocycles. The second-order valence-corrected chi connectivity index (χ2v) is 8.32. The maximum atomic E-state index is 12.1. The molecule has 0 spiro atoms. The molecular weight excluding hydrogens is 366 g/mol. The van der Waals surface area contributed by atoms with Crippen LogP contribution in [0.25, 0.3) is 0 Å². The first-order valence-corrected chi connectivity index (χ1v) is 10.1. The van der Waals surface area contributed by atoms with E-state index in [2.05, 4.69) is 4.98 Å². The van der Waals surface area contributed by atoms with Gasteiger partial charge in [0.15, 0.2) is 6.23 Å². The van der Waals surface area contributed by atoms with E-state index in [9.17, 15) is 18.0 Å². The number of hydrogen-bond donors (Lipinski definition) is 1. The van der Waals surface area contributed by atoms with E-state index in [1.54, 1.807) is 0 Å². The van der Waals surface area contributed by atoms with Crippen molar-refractivity contribution >= 4 is 10.0 Å². The first kappa shape index (κ1) is 19.2. The van der Waals surface area contributed by atoms with Crippen LogP contribution in [0.2, 0.25) is 0 Å². The molecule has 0 radical (unpaired) electrons. The fourth-order valence-electron chi connectivity index (χ4n) is 3.45. The van der Waals surface area contributed by atoms with Gasteiger partial charge in [-0.25, -0.2) is 13.2 Å². The number of rotatable bonds is 6. The molecule has 0 aliphatic carbocycles. The molecule has 0 bridgehead atoms. The highest BCUT2D eigenvalue weighted by molar-refractivity contribution is 7.89. The zero-order valence-electron chi connectivity index (χ0n) is 14.7. The second-order valence-electron chi connectivity index (χ2n) is 6.23. The number of H-pyrrole nitrogens is 1. The molecule has 0 unspecified atom stereocenters. The molecule has 3 heterocycles. The molecule has 2 aliphatic rings. The predicted molar refractivity (Wildman–Crippen MR) is 91.4 cm³/mol. The summed E-state index contributed by atoms with van der Waals surface area (Å²) in [6.07, 6.45) is -0.716. The van der Waals surface area contributed by atoms with E-state index in [-0.39, 0.29) is 12.3 Å². The predicted octanol–water partition coefficient (Wildman–Crippen LogP) is -1.11. The van der Waals surface area contributed by atoms with Gasteiger partial charge in [0.1, 0.15) is 18.3 Å². The minimum atomic E-state index is -3.29. The van der Waals surface area contributed by atoms with Crippen LogP contribution in [0.1, 0.15) is 19.6 Å². The van der Waals surface area contributed by atoms with Crippen molar-refractivity contribution in [3.8, 4) is 0 Å². The summed E-state index contributed by atoms with van der Waals surface area (Å²) in [5.41, 5.74) is -1.14. The van der Waals surface area contributed by atoms with Crippen molar-refractivity contribution in [2.75, 3.05) is 32.6 Å². The van der Waals surface area contributed by atoms with Crippen LogP contribution in [0.3, 0.4) is 0 Å². The Hall–Kier alpha value is -1.53. The number of aromatic amines is 1. The molecule has 4 atom stereocenters. The quantitative estimate of drug-likeness (QED) is 0.655. The lowest BCUT2D eigenvalue weighted by Gasteiger charge is -2.25. The van der Waals surface area contributed by atoms with Crippen LogP contribution in [0.15, 0.2) is 21.9 Å². The maximum Gasteiger partial charge on any atom is 0.330 e. The minimum absolute atomic E-state index is 0.121. The highest BCUT2D eigenvalue weighted by Gasteiger charge is 2.48. The Morgan fingerprint density at radius 3 is 2.69 bits per heavy atom. The van der Waals surface area contributed by atoms with Crippen LogP contribution < -0.4 is 11.2 Å². The molecule has 10 nitrogen and oxygen atoms in total. The fraction of sp³-hybridized carbons (Fsp3) is 0.733. The molecular formula is C15H23N3O7S. The van der Waals surface area contributed by atoms with Crippen LogP contribution in [0, 0.1) is 0 Å². The molecule has 1 aromatic rings. The fourth-order valence-corrected chi connectivity index (χ4v) is 4.98. The van der Waals surface area contributed by atoms with Gasteiger partial charge >= 0.3 is 5.69 Å². The Morgan fingerprint density at radius 2 is 2.12 bits per heavy atom. The van der Waals surface area contributed by atoms with E-state index in [0.717, 1.165) is 0 Å². The summed E-state index contributed by atoms with van der Waals surface area (Å²) in [7, 11) is -1.82.